The monoisotopic (exact) mass is 348 g/mol. The number of hydrogen-bond donors (Lipinski definition) is 2. The quantitative estimate of drug-likeness (QED) is 0.877. The summed E-state index contributed by atoms with van der Waals surface area (Å²) in [5.41, 5.74) is 0.988. The van der Waals surface area contributed by atoms with Gasteiger partial charge < -0.3 is 15.2 Å². The van der Waals surface area contributed by atoms with Crippen molar-refractivity contribution in [3.05, 3.63) is 23.8 Å². The highest BCUT2D eigenvalue weighted by Gasteiger charge is 2.36. The van der Waals surface area contributed by atoms with Crippen LogP contribution >= 0.6 is 24.8 Å². The maximum atomic E-state index is 10.4. The number of benzene rings is 1. The molecule has 1 aromatic carbocycles. The van der Waals surface area contributed by atoms with E-state index in [0.717, 1.165) is 37.5 Å². The third-order valence-electron chi connectivity index (χ3n) is 4.70. The van der Waals surface area contributed by atoms with Crippen LogP contribution in [0.2, 0.25) is 0 Å². The van der Waals surface area contributed by atoms with E-state index in [1.54, 1.807) is 13.2 Å². The zero-order chi connectivity index (χ0) is 13.9. The van der Waals surface area contributed by atoms with Crippen LogP contribution in [0.15, 0.2) is 18.2 Å². The second-order valence-corrected chi connectivity index (χ2v) is 5.81. The second-order valence-electron chi connectivity index (χ2n) is 5.81. The van der Waals surface area contributed by atoms with Gasteiger partial charge in [0.25, 0.3) is 0 Å². The highest BCUT2D eigenvalue weighted by molar-refractivity contribution is 5.85. The fourth-order valence-electron chi connectivity index (χ4n) is 3.44. The number of piperazine rings is 1. The lowest BCUT2D eigenvalue weighted by Crippen LogP contribution is -2.47. The van der Waals surface area contributed by atoms with Gasteiger partial charge in [0.1, 0.15) is 11.5 Å². The normalized spacial score (nSPS) is 20.2. The molecule has 4 nitrogen and oxygen atoms in total. The Hall–Kier alpha value is -0.680. The van der Waals surface area contributed by atoms with Gasteiger partial charge in [0.15, 0.2) is 0 Å². The van der Waals surface area contributed by atoms with Crippen molar-refractivity contribution in [2.45, 2.75) is 25.3 Å². The number of hydrogen-bond acceptors (Lipinski definition) is 4. The van der Waals surface area contributed by atoms with Gasteiger partial charge in [-0.1, -0.05) is 12.5 Å². The maximum Gasteiger partial charge on any atom is 0.127 e. The van der Waals surface area contributed by atoms with Crippen molar-refractivity contribution in [2.75, 3.05) is 33.3 Å². The minimum absolute atomic E-state index is 0. The van der Waals surface area contributed by atoms with E-state index in [0.29, 0.717) is 17.7 Å². The lowest BCUT2D eigenvalue weighted by atomic mass is 9.75. The summed E-state index contributed by atoms with van der Waals surface area (Å²) in [4.78, 5) is 2.51. The van der Waals surface area contributed by atoms with Gasteiger partial charge in [-0.05, 0) is 30.9 Å². The summed E-state index contributed by atoms with van der Waals surface area (Å²) in [6.07, 6.45) is 3.82. The van der Waals surface area contributed by atoms with Crippen LogP contribution in [0.1, 0.15) is 30.9 Å². The Labute approximate surface area is 145 Å². The Morgan fingerprint density at radius 2 is 1.91 bits per heavy atom. The average Bonchev–Trinajstić information content (AvgIpc) is 2.44. The van der Waals surface area contributed by atoms with Crippen molar-refractivity contribution < 1.29 is 9.84 Å². The standard InChI is InChI=1S/C16H24N2O2.2ClH/c1-20-14-7-3-6-13(19)15(14)16(12-4-2-5-12)18-10-8-17-9-11-18;;/h3,6-7,12,16-17,19H,2,4-5,8-11H2,1H3;2*1H/t16-;;/m0../s1. The average molecular weight is 349 g/mol. The first-order valence-electron chi connectivity index (χ1n) is 7.62. The van der Waals surface area contributed by atoms with Crippen LogP contribution < -0.4 is 10.1 Å². The van der Waals surface area contributed by atoms with Crippen molar-refractivity contribution in [1.82, 2.24) is 10.2 Å². The largest absolute Gasteiger partial charge is 0.507 e. The van der Waals surface area contributed by atoms with E-state index >= 15 is 0 Å². The van der Waals surface area contributed by atoms with E-state index in [4.69, 9.17) is 4.74 Å². The van der Waals surface area contributed by atoms with Crippen LogP contribution in [0.25, 0.3) is 0 Å². The molecule has 3 rings (SSSR count). The molecule has 0 radical (unpaired) electrons. The van der Waals surface area contributed by atoms with Crippen LogP contribution in [0, 0.1) is 5.92 Å². The molecular formula is C16H26Cl2N2O2. The molecule has 1 aliphatic heterocycles. The van der Waals surface area contributed by atoms with Crippen LogP contribution in [0.3, 0.4) is 0 Å². The fraction of sp³-hybridized carbons (Fsp3) is 0.625. The zero-order valence-electron chi connectivity index (χ0n) is 13.0. The molecule has 1 saturated heterocycles. The lowest BCUT2D eigenvalue weighted by Gasteiger charge is -2.43. The predicted molar refractivity (Wildman–Crippen MR) is 93.7 cm³/mol. The summed E-state index contributed by atoms with van der Waals surface area (Å²) in [6.45, 7) is 4.13. The Morgan fingerprint density at radius 3 is 2.45 bits per heavy atom. The molecule has 6 heteroatoms. The molecule has 0 bridgehead atoms. The summed E-state index contributed by atoms with van der Waals surface area (Å²) in [5.74, 6) is 1.84. The number of methoxy groups -OCH3 is 1. The van der Waals surface area contributed by atoms with Gasteiger partial charge in [-0.15, -0.1) is 24.8 Å². The highest BCUT2D eigenvalue weighted by Crippen LogP contribution is 2.47. The smallest absolute Gasteiger partial charge is 0.127 e. The van der Waals surface area contributed by atoms with Crippen LogP contribution in [-0.4, -0.2) is 43.3 Å². The number of rotatable bonds is 4. The van der Waals surface area contributed by atoms with Crippen molar-refractivity contribution in [3.63, 3.8) is 0 Å². The van der Waals surface area contributed by atoms with E-state index in [1.807, 2.05) is 12.1 Å². The molecule has 1 saturated carbocycles. The van der Waals surface area contributed by atoms with Gasteiger partial charge in [0.05, 0.1) is 12.7 Å². The third kappa shape index (κ3) is 3.80. The molecule has 1 aliphatic carbocycles. The molecule has 1 heterocycles. The molecule has 1 atom stereocenters. The number of ether oxygens (including phenoxy) is 1. The first-order valence-corrected chi connectivity index (χ1v) is 7.62. The summed E-state index contributed by atoms with van der Waals surface area (Å²) >= 11 is 0. The third-order valence-corrected chi connectivity index (χ3v) is 4.70. The highest BCUT2D eigenvalue weighted by atomic mass is 35.5. The van der Waals surface area contributed by atoms with Crippen molar-refractivity contribution >= 4 is 24.8 Å². The van der Waals surface area contributed by atoms with E-state index in [1.165, 1.54) is 19.3 Å². The topological polar surface area (TPSA) is 44.7 Å². The van der Waals surface area contributed by atoms with Crippen LogP contribution in [0.4, 0.5) is 0 Å². The SMILES string of the molecule is COc1cccc(O)c1[C@H](C1CCC1)N1CCNCC1.Cl.Cl. The lowest BCUT2D eigenvalue weighted by molar-refractivity contribution is 0.0800. The van der Waals surface area contributed by atoms with E-state index < -0.39 is 0 Å². The minimum atomic E-state index is 0. The Kier molecular flexibility index (Phi) is 7.77. The van der Waals surface area contributed by atoms with Gasteiger partial charge in [-0.25, -0.2) is 0 Å². The number of halogens is 2. The first kappa shape index (κ1) is 19.4. The summed E-state index contributed by atoms with van der Waals surface area (Å²) in [5, 5.41) is 13.8. The minimum Gasteiger partial charge on any atom is -0.507 e. The molecule has 2 N–H and O–H groups in total. The Balaban J connectivity index is 0.00000121. The summed E-state index contributed by atoms with van der Waals surface area (Å²) in [6, 6.07) is 5.89. The van der Waals surface area contributed by atoms with Crippen molar-refractivity contribution in [2.24, 2.45) is 5.92 Å². The summed E-state index contributed by atoms with van der Waals surface area (Å²) in [7, 11) is 1.69. The number of phenolic OH excluding ortho intramolecular Hbond substituents is 1. The number of nitrogens with one attached hydrogen (secondary N) is 1. The maximum absolute atomic E-state index is 10.4. The molecular weight excluding hydrogens is 323 g/mol. The molecule has 2 aliphatic rings. The molecule has 1 aromatic rings. The zero-order valence-corrected chi connectivity index (χ0v) is 14.6. The molecule has 22 heavy (non-hydrogen) atoms. The first-order chi connectivity index (χ1) is 9.81. The Bertz CT molecular complexity index is 463. The molecule has 0 unspecified atom stereocenters. The van der Waals surface area contributed by atoms with Gasteiger partial charge in [0.2, 0.25) is 0 Å². The van der Waals surface area contributed by atoms with Crippen molar-refractivity contribution in [3.8, 4) is 11.5 Å². The van der Waals surface area contributed by atoms with Gasteiger partial charge in [-0.3, -0.25) is 4.90 Å². The fourth-order valence-corrected chi connectivity index (χ4v) is 3.44. The van der Waals surface area contributed by atoms with Gasteiger partial charge in [-0.2, -0.15) is 0 Å². The number of nitrogens with zero attached hydrogens (tertiary/aromatic N) is 1. The summed E-state index contributed by atoms with van der Waals surface area (Å²) < 4.78 is 5.51. The molecule has 2 fully saturated rings. The van der Waals surface area contributed by atoms with Gasteiger partial charge >= 0.3 is 0 Å². The van der Waals surface area contributed by atoms with Gasteiger partial charge in [0, 0.05) is 32.2 Å². The van der Waals surface area contributed by atoms with E-state index in [-0.39, 0.29) is 24.8 Å². The number of phenols is 1. The molecule has 0 aromatic heterocycles. The van der Waals surface area contributed by atoms with Crippen LogP contribution in [-0.2, 0) is 0 Å². The Morgan fingerprint density at radius 1 is 1.23 bits per heavy atom. The molecule has 0 amide bonds. The van der Waals surface area contributed by atoms with Crippen molar-refractivity contribution in [1.29, 1.82) is 0 Å². The second kappa shape index (κ2) is 8.82. The van der Waals surface area contributed by atoms with E-state index in [2.05, 4.69) is 10.2 Å². The van der Waals surface area contributed by atoms with E-state index in [9.17, 15) is 5.11 Å². The number of aromatic hydroxyl groups is 1. The molecule has 0 spiro atoms. The van der Waals surface area contributed by atoms with Crippen LogP contribution in [0.5, 0.6) is 11.5 Å². The molecule has 126 valence electrons. The predicted octanol–water partition coefficient (Wildman–Crippen LogP) is 2.99.